The number of likely N-dealkylation sites (tertiary alicyclic amines) is 1. The van der Waals surface area contributed by atoms with Crippen molar-refractivity contribution in [3.63, 3.8) is 0 Å². The molecule has 1 saturated heterocycles. The SMILES string of the molecule is O=C(Cn1c2c(c(=O)n3nc(-c4ccn5ccnc5c4)nc13)C1(CCN(C(=O)c3ccccn3)CC1)OC2)Nc1ccc(C(F)(F)F)cc1Cl. The predicted molar refractivity (Wildman–Crippen MR) is 172 cm³/mol. The van der Waals surface area contributed by atoms with Crippen LogP contribution in [0.5, 0.6) is 0 Å². The Labute approximate surface area is 284 Å². The molecule has 0 bridgehead atoms. The highest BCUT2D eigenvalue weighted by atomic mass is 35.5. The van der Waals surface area contributed by atoms with Crippen LogP contribution in [0.15, 0.2) is 78.1 Å². The van der Waals surface area contributed by atoms with Gasteiger partial charge < -0.3 is 23.9 Å². The van der Waals surface area contributed by atoms with Crippen LogP contribution in [-0.4, -0.2) is 63.3 Å². The van der Waals surface area contributed by atoms with Gasteiger partial charge in [0.15, 0.2) is 5.82 Å². The van der Waals surface area contributed by atoms with Crippen molar-refractivity contribution in [2.75, 3.05) is 18.4 Å². The molecule has 1 N–H and O–H groups in total. The molecule has 7 heterocycles. The largest absolute Gasteiger partial charge is 0.416 e. The Morgan fingerprint density at radius 1 is 1.02 bits per heavy atom. The molecule has 6 aromatic rings. The first-order chi connectivity index (χ1) is 24.0. The molecule has 2 aliphatic heterocycles. The van der Waals surface area contributed by atoms with Gasteiger partial charge in [-0.05, 0) is 55.3 Å². The number of pyridine rings is 2. The molecule has 13 nitrogen and oxygen atoms in total. The molecule has 0 saturated carbocycles. The Balaban J connectivity index is 1.17. The van der Waals surface area contributed by atoms with Crippen molar-refractivity contribution in [2.45, 2.75) is 37.8 Å². The molecule has 0 unspecified atom stereocenters. The molecule has 0 radical (unpaired) electrons. The van der Waals surface area contributed by atoms with E-state index in [1.165, 1.54) is 4.57 Å². The highest BCUT2D eigenvalue weighted by Gasteiger charge is 2.48. The third kappa shape index (κ3) is 5.36. The first-order valence-electron chi connectivity index (χ1n) is 15.5. The fraction of sp³-hybridized carbons (Fsp3) is 0.242. The minimum Gasteiger partial charge on any atom is -0.364 e. The summed E-state index contributed by atoms with van der Waals surface area (Å²) in [5, 5.41) is 6.84. The van der Waals surface area contributed by atoms with Gasteiger partial charge >= 0.3 is 6.18 Å². The summed E-state index contributed by atoms with van der Waals surface area (Å²) in [4.78, 5) is 55.7. The van der Waals surface area contributed by atoms with E-state index < -0.39 is 35.4 Å². The standard InChI is InChI=1S/C33H25ClF3N9O4/c34-21-16-20(33(35,36)37)4-5-22(21)40-26(47)17-45-24-18-50-32(7-12-44(13-8-32)29(48)23-3-1-2-9-38-23)27(24)30(49)46-31(45)41-28(42-46)19-6-11-43-14-10-39-25(43)15-19/h1-6,9-11,14-16H,7-8,12-13,17-18H2,(H,40,47). The van der Waals surface area contributed by atoms with Gasteiger partial charge in [-0.2, -0.15) is 22.7 Å². The van der Waals surface area contributed by atoms with Crippen molar-refractivity contribution in [1.82, 2.24) is 38.4 Å². The zero-order valence-corrected chi connectivity index (χ0v) is 26.6. The van der Waals surface area contributed by atoms with Crippen molar-refractivity contribution < 1.29 is 27.5 Å². The normalized spacial score (nSPS) is 15.6. The summed E-state index contributed by atoms with van der Waals surface area (Å²) < 4.78 is 50.4. The van der Waals surface area contributed by atoms with Crippen LogP contribution in [0.4, 0.5) is 18.9 Å². The number of carbonyl (C=O) groups excluding carboxylic acids is 2. The molecule has 50 heavy (non-hydrogen) atoms. The zero-order chi connectivity index (χ0) is 34.8. The predicted octanol–water partition coefficient (Wildman–Crippen LogP) is 4.57. The summed E-state index contributed by atoms with van der Waals surface area (Å²) in [6.45, 7) is 0.134. The van der Waals surface area contributed by atoms with Crippen molar-refractivity contribution >= 4 is 40.5 Å². The van der Waals surface area contributed by atoms with Crippen LogP contribution in [0.2, 0.25) is 5.02 Å². The number of aromatic nitrogens is 7. The van der Waals surface area contributed by atoms with Gasteiger partial charge in [0, 0.05) is 43.4 Å². The number of rotatable bonds is 5. The molecule has 254 valence electrons. The summed E-state index contributed by atoms with van der Waals surface area (Å²) in [5.74, 6) is -0.606. The van der Waals surface area contributed by atoms with Gasteiger partial charge in [0.1, 0.15) is 23.5 Å². The molecule has 2 amide bonds. The first kappa shape index (κ1) is 31.6. The summed E-state index contributed by atoms with van der Waals surface area (Å²) in [7, 11) is 0. The number of halogens is 4. The van der Waals surface area contributed by atoms with E-state index in [-0.39, 0.29) is 47.9 Å². The fourth-order valence-corrected chi connectivity index (χ4v) is 6.79. The van der Waals surface area contributed by atoms with E-state index in [0.717, 1.165) is 22.7 Å². The number of hydrogen-bond acceptors (Lipinski definition) is 8. The van der Waals surface area contributed by atoms with E-state index in [4.69, 9.17) is 16.3 Å². The van der Waals surface area contributed by atoms with Crippen molar-refractivity contribution in [3.05, 3.63) is 111 Å². The van der Waals surface area contributed by atoms with E-state index >= 15 is 0 Å². The zero-order valence-electron chi connectivity index (χ0n) is 25.9. The Hall–Kier alpha value is -5.61. The fourth-order valence-electron chi connectivity index (χ4n) is 6.57. The molecular weight excluding hydrogens is 679 g/mol. The Morgan fingerprint density at radius 3 is 2.58 bits per heavy atom. The quantitative estimate of drug-likeness (QED) is 0.275. The number of carbonyl (C=O) groups is 2. The second kappa shape index (κ2) is 11.8. The van der Waals surface area contributed by atoms with E-state index in [1.54, 1.807) is 64.4 Å². The van der Waals surface area contributed by atoms with Crippen molar-refractivity contribution in [1.29, 1.82) is 0 Å². The number of amides is 2. The molecule has 1 fully saturated rings. The first-order valence-corrected chi connectivity index (χ1v) is 15.9. The van der Waals surface area contributed by atoms with Crippen LogP contribution in [-0.2, 0) is 34.5 Å². The van der Waals surface area contributed by atoms with Gasteiger partial charge in [0.25, 0.3) is 11.5 Å². The van der Waals surface area contributed by atoms with E-state index in [9.17, 15) is 27.6 Å². The summed E-state index contributed by atoms with van der Waals surface area (Å²) in [5.41, 5.74) is -0.302. The van der Waals surface area contributed by atoms with Crippen molar-refractivity contribution in [2.24, 2.45) is 0 Å². The van der Waals surface area contributed by atoms with Gasteiger partial charge in [-0.3, -0.25) is 19.4 Å². The van der Waals surface area contributed by atoms with Crippen LogP contribution in [0.25, 0.3) is 22.8 Å². The minimum atomic E-state index is -4.61. The monoisotopic (exact) mass is 703 g/mol. The number of fused-ring (bicyclic) bond motifs is 4. The molecule has 17 heteroatoms. The molecule has 8 rings (SSSR count). The number of anilines is 1. The molecule has 2 aliphatic rings. The van der Waals surface area contributed by atoms with Crippen LogP contribution >= 0.6 is 11.6 Å². The lowest BCUT2D eigenvalue weighted by atomic mass is 9.85. The number of ether oxygens (including phenoxy) is 1. The molecular formula is C33H25ClF3N9O4. The van der Waals surface area contributed by atoms with Crippen LogP contribution in [0.1, 0.15) is 40.2 Å². The van der Waals surface area contributed by atoms with Crippen molar-refractivity contribution in [3.8, 4) is 11.4 Å². The molecule has 0 atom stereocenters. The lowest BCUT2D eigenvalue weighted by molar-refractivity contribution is -0.137. The highest BCUT2D eigenvalue weighted by Crippen LogP contribution is 2.43. The number of alkyl halides is 3. The highest BCUT2D eigenvalue weighted by molar-refractivity contribution is 6.33. The minimum absolute atomic E-state index is 0.0220. The lowest BCUT2D eigenvalue weighted by Crippen LogP contribution is -2.47. The average molecular weight is 704 g/mol. The maximum Gasteiger partial charge on any atom is 0.416 e. The molecule has 5 aromatic heterocycles. The topological polar surface area (TPSA) is 141 Å². The molecule has 0 aliphatic carbocycles. The number of nitrogens with zero attached hydrogens (tertiary/aromatic N) is 8. The van der Waals surface area contributed by atoms with E-state index in [1.807, 2.05) is 0 Å². The summed E-state index contributed by atoms with van der Waals surface area (Å²) in [6, 6.07) is 11.3. The number of imidazole rings is 1. The molecule has 1 aromatic carbocycles. The number of piperidine rings is 1. The number of benzene rings is 1. The maximum absolute atomic E-state index is 14.3. The van der Waals surface area contributed by atoms with Crippen LogP contribution < -0.4 is 10.9 Å². The second-order valence-corrected chi connectivity index (χ2v) is 12.4. The van der Waals surface area contributed by atoms with Crippen LogP contribution in [0, 0.1) is 0 Å². The van der Waals surface area contributed by atoms with Gasteiger partial charge in [0.2, 0.25) is 11.7 Å². The van der Waals surface area contributed by atoms with E-state index in [2.05, 4.69) is 25.4 Å². The Bertz CT molecular complexity index is 2380. The summed E-state index contributed by atoms with van der Waals surface area (Å²) >= 11 is 6.12. The smallest absolute Gasteiger partial charge is 0.364 e. The third-order valence-corrected chi connectivity index (χ3v) is 9.38. The van der Waals surface area contributed by atoms with Gasteiger partial charge in [0.05, 0.1) is 34.1 Å². The van der Waals surface area contributed by atoms with E-state index in [0.29, 0.717) is 41.0 Å². The third-order valence-electron chi connectivity index (χ3n) is 9.06. The van der Waals surface area contributed by atoms with Gasteiger partial charge in [-0.1, -0.05) is 17.7 Å². The number of nitrogens with one attached hydrogen (secondary N) is 1. The maximum atomic E-state index is 14.3. The molecule has 1 spiro atoms. The lowest BCUT2D eigenvalue weighted by Gasteiger charge is -2.38. The van der Waals surface area contributed by atoms with Crippen LogP contribution in [0.3, 0.4) is 0 Å². The second-order valence-electron chi connectivity index (χ2n) is 12.0. The summed E-state index contributed by atoms with van der Waals surface area (Å²) in [6.07, 6.45) is 2.72. The van der Waals surface area contributed by atoms with Gasteiger partial charge in [-0.25, -0.2) is 4.98 Å². The number of hydrogen-bond donors (Lipinski definition) is 1. The van der Waals surface area contributed by atoms with Gasteiger partial charge in [-0.15, -0.1) is 5.10 Å². The average Bonchev–Trinajstić information content (AvgIpc) is 3.85. The Kier molecular flexibility index (Phi) is 7.45. The Morgan fingerprint density at radius 2 is 1.84 bits per heavy atom.